The molecular weight excluding hydrogens is 228 g/mol. The molecular formula is C14H20N2O2. The highest BCUT2D eigenvalue weighted by Crippen LogP contribution is 2.35. The average Bonchev–Trinajstić information content (AvgIpc) is 3.03. The zero-order chi connectivity index (χ0) is 12.6. The predicted molar refractivity (Wildman–Crippen MR) is 68.4 cm³/mol. The van der Waals surface area contributed by atoms with Crippen LogP contribution in [0.5, 0.6) is 0 Å². The second-order valence-electron chi connectivity index (χ2n) is 5.56. The number of hydrogen-bond donors (Lipinski definition) is 0. The Balaban J connectivity index is 1.73. The molecule has 1 spiro atoms. The van der Waals surface area contributed by atoms with Crippen LogP contribution in [0.2, 0.25) is 0 Å². The molecule has 3 heterocycles. The molecule has 0 saturated carbocycles. The van der Waals surface area contributed by atoms with E-state index in [2.05, 4.69) is 11.9 Å². The summed E-state index contributed by atoms with van der Waals surface area (Å²) >= 11 is 0. The second-order valence-corrected chi connectivity index (χ2v) is 5.56. The molecule has 3 rings (SSSR count). The molecule has 1 aromatic rings. The monoisotopic (exact) mass is 248 g/mol. The Kier molecular flexibility index (Phi) is 2.90. The number of likely N-dealkylation sites (tertiary alicyclic amines) is 2. The zero-order valence-electron chi connectivity index (χ0n) is 10.9. The van der Waals surface area contributed by atoms with Crippen molar-refractivity contribution in [3.63, 3.8) is 0 Å². The number of carbonyl (C=O) groups excluding carboxylic acids is 1. The van der Waals surface area contributed by atoms with E-state index in [1.165, 1.54) is 19.3 Å². The maximum Gasteiger partial charge on any atom is 0.289 e. The topological polar surface area (TPSA) is 36.7 Å². The first-order valence-electron chi connectivity index (χ1n) is 6.75. The van der Waals surface area contributed by atoms with Crippen molar-refractivity contribution in [2.24, 2.45) is 0 Å². The number of amides is 1. The van der Waals surface area contributed by atoms with E-state index in [1.807, 2.05) is 4.90 Å². The van der Waals surface area contributed by atoms with Crippen molar-refractivity contribution in [3.05, 3.63) is 24.2 Å². The third-order valence-electron chi connectivity index (χ3n) is 4.55. The second kappa shape index (κ2) is 4.43. The first-order valence-corrected chi connectivity index (χ1v) is 6.75. The van der Waals surface area contributed by atoms with Gasteiger partial charge in [0.2, 0.25) is 0 Å². The maximum atomic E-state index is 12.3. The summed E-state index contributed by atoms with van der Waals surface area (Å²) in [5.74, 6) is 0.501. The van der Waals surface area contributed by atoms with Crippen LogP contribution in [0.3, 0.4) is 0 Å². The van der Waals surface area contributed by atoms with E-state index < -0.39 is 0 Å². The lowest BCUT2D eigenvalue weighted by molar-refractivity contribution is 0.0616. The molecule has 2 aliphatic heterocycles. The first kappa shape index (κ1) is 11.8. The minimum absolute atomic E-state index is 0.0378. The van der Waals surface area contributed by atoms with Crippen LogP contribution in [0, 0.1) is 0 Å². The summed E-state index contributed by atoms with van der Waals surface area (Å²) in [6, 6.07) is 3.52. The molecule has 0 aliphatic carbocycles. The molecule has 0 unspecified atom stereocenters. The number of piperidine rings is 1. The summed E-state index contributed by atoms with van der Waals surface area (Å²) in [5, 5.41) is 0. The van der Waals surface area contributed by atoms with Crippen LogP contribution in [0.1, 0.15) is 36.2 Å². The van der Waals surface area contributed by atoms with Crippen LogP contribution in [-0.2, 0) is 0 Å². The van der Waals surface area contributed by atoms with Crippen molar-refractivity contribution in [1.82, 2.24) is 9.80 Å². The van der Waals surface area contributed by atoms with Crippen LogP contribution < -0.4 is 0 Å². The third-order valence-corrected chi connectivity index (χ3v) is 4.55. The Morgan fingerprint density at radius 2 is 2.22 bits per heavy atom. The van der Waals surface area contributed by atoms with Crippen molar-refractivity contribution in [2.45, 2.75) is 31.2 Å². The molecule has 4 heteroatoms. The summed E-state index contributed by atoms with van der Waals surface area (Å²) < 4.78 is 5.21. The molecule has 1 atom stereocenters. The summed E-state index contributed by atoms with van der Waals surface area (Å²) in [4.78, 5) is 16.6. The minimum atomic E-state index is 0.0378. The number of furan rings is 1. The number of likely N-dealkylation sites (N-methyl/N-ethyl adjacent to an activating group) is 1. The fourth-order valence-corrected chi connectivity index (χ4v) is 3.33. The van der Waals surface area contributed by atoms with Crippen molar-refractivity contribution in [3.8, 4) is 0 Å². The Labute approximate surface area is 108 Å². The Morgan fingerprint density at radius 1 is 1.33 bits per heavy atom. The number of nitrogens with zero attached hydrogens (tertiary/aromatic N) is 2. The molecule has 98 valence electrons. The van der Waals surface area contributed by atoms with Crippen molar-refractivity contribution in [1.29, 1.82) is 0 Å². The summed E-state index contributed by atoms with van der Waals surface area (Å²) in [6.45, 7) is 2.86. The van der Waals surface area contributed by atoms with E-state index in [0.29, 0.717) is 5.76 Å². The lowest BCUT2D eigenvalue weighted by atomic mass is 9.86. The van der Waals surface area contributed by atoms with E-state index in [4.69, 9.17) is 4.42 Å². The van der Waals surface area contributed by atoms with Crippen molar-refractivity contribution in [2.75, 3.05) is 26.7 Å². The van der Waals surface area contributed by atoms with Gasteiger partial charge in [-0.05, 0) is 45.0 Å². The smallest absolute Gasteiger partial charge is 0.289 e. The van der Waals surface area contributed by atoms with Gasteiger partial charge in [-0.25, -0.2) is 0 Å². The summed E-state index contributed by atoms with van der Waals surface area (Å²) in [5.41, 5.74) is 0.223. The summed E-state index contributed by atoms with van der Waals surface area (Å²) in [7, 11) is 2.19. The van der Waals surface area contributed by atoms with Gasteiger partial charge in [-0.1, -0.05) is 6.42 Å². The van der Waals surface area contributed by atoms with E-state index in [1.54, 1.807) is 18.4 Å². The predicted octanol–water partition coefficient (Wildman–Crippen LogP) is 1.98. The quantitative estimate of drug-likeness (QED) is 0.762. The lowest BCUT2D eigenvalue weighted by Gasteiger charge is -2.42. The maximum absolute atomic E-state index is 12.3. The van der Waals surface area contributed by atoms with E-state index in [-0.39, 0.29) is 11.4 Å². The van der Waals surface area contributed by atoms with E-state index >= 15 is 0 Å². The molecule has 2 aliphatic rings. The van der Waals surface area contributed by atoms with Gasteiger partial charge < -0.3 is 9.32 Å². The Bertz CT molecular complexity index is 429. The van der Waals surface area contributed by atoms with Gasteiger partial charge in [-0.2, -0.15) is 0 Å². The van der Waals surface area contributed by atoms with Gasteiger partial charge in [0.05, 0.1) is 6.26 Å². The standard InChI is InChI=1S/C14H20N2O2/c1-15-8-3-2-6-14(15)7-9-16(11-14)13(17)12-5-4-10-18-12/h4-5,10H,2-3,6-9,11H2,1H3/t14-/m1/s1. The van der Waals surface area contributed by atoms with Gasteiger partial charge in [-0.3, -0.25) is 9.69 Å². The van der Waals surface area contributed by atoms with Crippen LogP contribution >= 0.6 is 0 Å². The molecule has 0 aromatic carbocycles. The van der Waals surface area contributed by atoms with Gasteiger partial charge in [0.15, 0.2) is 5.76 Å². The molecule has 18 heavy (non-hydrogen) atoms. The highest BCUT2D eigenvalue weighted by atomic mass is 16.3. The van der Waals surface area contributed by atoms with Gasteiger partial charge in [0.25, 0.3) is 5.91 Å². The highest BCUT2D eigenvalue weighted by molar-refractivity contribution is 5.91. The molecule has 2 saturated heterocycles. The molecule has 0 radical (unpaired) electrons. The fourth-order valence-electron chi connectivity index (χ4n) is 3.33. The van der Waals surface area contributed by atoms with Crippen LogP contribution in [0.4, 0.5) is 0 Å². The third kappa shape index (κ3) is 1.85. The van der Waals surface area contributed by atoms with Gasteiger partial charge in [0.1, 0.15) is 0 Å². The SMILES string of the molecule is CN1CCCC[C@]12CCN(C(=O)c1ccco1)C2. The first-order chi connectivity index (χ1) is 8.71. The minimum Gasteiger partial charge on any atom is -0.459 e. The Morgan fingerprint density at radius 3 is 2.94 bits per heavy atom. The molecule has 0 bridgehead atoms. The number of hydrogen-bond acceptors (Lipinski definition) is 3. The summed E-state index contributed by atoms with van der Waals surface area (Å²) in [6.07, 6.45) is 6.44. The highest BCUT2D eigenvalue weighted by Gasteiger charge is 2.44. The largest absolute Gasteiger partial charge is 0.459 e. The van der Waals surface area contributed by atoms with Crippen molar-refractivity contribution < 1.29 is 9.21 Å². The van der Waals surface area contributed by atoms with E-state index in [9.17, 15) is 4.79 Å². The van der Waals surface area contributed by atoms with Crippen molar-refractivity contribution >= 4 is 5.91 Å². The van der Waals surface area contributed by atoms with Gasteiger partial charge in [-0.15, -0.1) is 0 Å². The normalized spacial score (nSPS) is 29.1. The van der Waals surface area contributed by atoms with Crippen LogP contribution in [-0.4, -0.2) is 47.9 Å². The average molecular weight is 248 g/mol. The lowest BCUT2D eigenvalue weighted by Crippen LogP contribution is -2.51. The van der Waals surface area contributed by atoms with Gasteiger partial charge in [0, 0.05) is 18.6 Å². The van der Waals surface area contributed by atoms with Crippen LogP contribution in [0.25, 0.3) is 0 Å². The molecule has 1 amide bonds. The molecule has 1 aromatic heterocycles. The molecule has 0 N–H and O–H groups in total. The zero-order valence-corrected chi connectivity index (χ0v) is 10.9. The number of carbonyl (C=O) groups is 1. The number of rotatable bonds is 1. The van der Waals surface area contributed by atoms with Crippen LogP contribution in [0.15, 0.2) is 22.8 Å². The molecule has 2 fully saturated rings. The Hall–Kier alpha value is -1.29. The van der Waals surface area contributed by atoms with E-state index in [0.717, 1.165) is 26.1 Å². The van der Waals surface area contributed by atoms with Gasteiger partial charge >= 0.3 is 0 Å². The molecule has 4 nitrogen and oxygen atoms in total. The fraction of sp³-hybridized carbons (Fsp3) is 0.643.